The molecular formula is C20H19N3O4S. The van der Waals surface area contributed by atoms with Gasteiger partial charge in [0.25, 0.3) is 5.69 Å². The summed E-state index contributed by atoms with van der Waals surface area (Å²) in [5, 5.41) is 15.4. The van der Waals surface area contributed by atoms with Gasteiger partial charge in [0.1, 0.15) is 16.5 Å². The maximum atomic E-state index is 12.3. The van der Waals surface area contributed by atoms with Gasteiger partial charge in [-0.05, 0) is 42.3 Å². The van der Waals surface area contributed by atoms with Gasteiger partial charge < -0.3 is 10.1 Å². The topological polar surface area (TPSA) is 94.4 Å². The van der Waals surface area contributed by atoms with Crippen LogP contribution in [0.2, 0.25) is 0 Å². The molecule has 0 aliphatic carbocycles. The number of nitrogens with one attached hydrogen (secondary N) is 1. The Morgan fingerprint density at radius 1 is 1.25 bits per heavy atom. The number of fused-ring (bicyclic) bond motifs is 1. The summed E-state index contributed by atoms with van der Waals surface area (Å²) >= 11 is 1.31. The van der Waals surface area contributed by atoms with Crippen molar-refractivity contribution in [2.75, 3.05) is 18.2 Å². The van der Waals surface area contributed by atoms with E-state index in [4.69, 9.17) is 4.74 Å². The zero-order chi connectivity index (χ0) is 20.1. The summed E-state index contributed by atoms with van der Waals surface area (Å²) in [4.78, 5) is 27.5. The van der Waals surface area contributed by atoms with E-state index < -0.39 is 4.92 Å². The van der Waals surface area contributed by atoms with Gasteiger partial charge in [0.15, 0.2) is 0 Å². The molecule has 144 valence electrons. The van der Waals surface area contributed by atoms with Gasteiger partial charge in [0.2, 0.25) is 5.91 Å². The van der Waals surface area contributed by atoms with E-state index in [9.17, 15) is 14.9 Å². The maximum Gasteiger partial charge on any atom is 0.292 e. The Hall–Kier alpha value is -3.13. The number of aromatic nitrogens is 1. The van der Waals surface area contributed by atoms with E-state index in [1.54, 1.807) is 19.2 Å². The molecule has 3 aromatic rings. The summed E-state index contributed by atoms with van der Waals surface area (Å²) < 4.78 is 5.25. The Morgan fingerprint density at radius 3 is 2.75 bits per heavy atom. The van der Waals surface area contributed by atoms with Crippen molar-refractivity contribution < 1.29 is 14.5 Å². The third kappa shape index (κ3) is 4.40. The first-order valence-electron chi connectivity index (χ1n) is 8.65. The molecular weight excluding hydrogens is 378 g/mol. The third-order valence-electron chi connectivity index (χ3n) is 4.16. The number of pyridine rings is 1. The number of para-hydroxylation sites is 2. The minimum absolute atomic E-state index is 0.105. The fourth-order valence-electron chi connectivity index (χ4n) is 2.74. The van der Waals surface area contributed by atoms with Gasteiger partial charge in [-0.1, -0.05) is 30.8 Å². The van der Waals surface area contributed by atoms with Crippen LogP contribution in [0.5, 0.6) is 5.75 Å². The molecule has 1 amide bonds. The van der Waals surface area contributed by atoms with E-state index in [1.165, 1.54) is 23.9 Å². The van der Waals surface area contributed by atoms with Crippen molar-refractivity contribution in [3.05, 3.63) is 64.2 Å². The molecule has 1 aromatic heterocycles. The number of aryl methyl sites for hydroxylation is 1. The minimum atomic E-state index is -0.517. The van der Waals surface area contributed by atoms with Crippen LogP contribution in [0.25, 0.3) is 10.9 Å². The van der Waals surface area contributed by atoms with Crippen LogP contribution in [-0.4, -0.2) is 28.7 Å². The fraction of sp³-hybridized carbons (Fsp3) is 0.200. The van der Waals surface area contributed by atoms with Crippen LogP contribution in [0.3, 0.4) is 0 Å². The molecule has 1 heterocycles. The van der Waals surface area contributed by atoms with Crippen molar-refractivity contribution in [3.8, 4) is 5.75 Å². The van der Waals surface area contributed by atoms with E-state index in [0.29, 0.717) is 0 Å². The average Bonchev–Trinajstić information content (AvgIpc) is 2.71. The number of benzene rings is 2. The van der Waals surface area contributed by atoms with Crippen molar-refractivity contribution in [1.82, 2.24) is 4.98 Å². The number of nitro groups is 1. The molecule has 0 bridgehead atoms. The standard InChI is InChI=1S/C20H19N3O4S/c1-3-13-10-14-11-15(27-2)8-9-16(14)22-20(13)28-12-19(24)21-17-6-4-5-7-18(17)23(25)26/h4-11H,3,12H2,1-2H3,(H,21,24). The van der Waals surface area contributed by atoms with Gasteiger partial charge in [-0.2, -0.15) is 0 Å². The number of thioether (sulfide) groups is 1. The number of amides is 1. The first-order chi connectivity index (χ1) is 13.5. The zero-order valence-electron chi connectivity index (χ0n) is 15.5. The lowest BCUT2D eigenvalue weighted by atomic mass is 10.1. The Labute approximate surface area is 166 Å². The second-order valence-electron chi connectivity index (χ2n) is 5.98. The van der Waals surface area contributed by atoms with E-state index in [2.05, 4.69) is 10.3 Å². The fourth-order valence-corrected chi connectivity index (χ4v) is 3.64. The number of hydrogen-bond acceptors (Lipinski definition) is 6. The predicted molar refractivity (Wildman–Crippen MR) is 110 cm³/mol. The second-order valence-corrected chi connectivity index (χ2v) is 6.94. The van der Waals surface area contributed by atoms with Gasteiger partial charge in [-0.25, -0.2) is 4.98 Å². The number of carbonyl (C=O) groups is 1. The number of anilines is 1. The lowest BCUT2D eigenvalue weighted by Crippen LogP contribution is -2.15. The summed E-state index contributed by atoms with van der Waals surface area (Å²) in [7, 11) is 1.62. The minimum Gasteiger partial charge on any atom is -0.497 e. The Morgan fingerprint density at radius 2 is 2.04 bits per heavy atom. The number of hydrogen-bond donors (Lipinski definition) is 1. The molecule has 1 N–H and O–H groups in total. The third-order valence-corrected chi connectivity index (χ3v) is 5.19. The number of nitrogens with zero attached hydrogens (tertiary/aromatic N) is 2. The highest BCUT2D eigenvalue weighted by atomic mass is 32.2. The largest absolute Gasteiger partial charge is 0.497 e. The van der Waals surface area contributed by atoms with E-state index >= 15 is 0 Å². The molecule has 2 aromatic carbocycles. The number of carbonyl (C=O) groups excluding carboxylic acids is 1. The summed E-state index contributed by atoms with van der Waals surface area (Å²) in [5.41, 5.74) is 1.91. The molecule has 0 saturated carbocycles. The molecule has 0 atom stereocenters. The van der Waals surface area contributed by atoms with Crippen LogP contribution in [0.15, 0.2) is 53.6 Å². The Bertz CT molecular complexity index is 1040. The molecule has 0 radical (unpaired) electrons. The SMILES string of the molecule is CCc1cc2cc(OC)ccc2nc1SCC(=O)Nc1ccccc1[N+](=O)[O-]. The van der Waals surface area contributed by atoms with Gasteiger partial charge >= 0.3 is 0 Å². The van der Waals surface area contributed by atoms with Gasteiger partial charge in [0, 0.05) is 11.5 Å². The highest BCUT2D eigenvalue weighted by molar-refractivity contribution is 8.00. The van der Waals surface area contributed by atoms with Gasteiger partial charge in [-0.3, -0.25) is 14.9 Å². The monoisotopic (exact) mass is 397 g/mol. The lowest BCUT2D eigenvalue weighted by Gasteiger charge is -2.10. The molecule has 7 nitrogen and oxygen atoms in total. The molecule has 0 fully saturated rings. The molecule has 0 aliphatic rings. The molecule has 0 aliphatic heterocycles. The maximum absolute atomic E-state index is 12.3. The van der Waals surface area contributed by atoms with E-state index in [1.807, 2.05) is 31.2 Å². The number of rotatable bonds is 7. The van der Waals surface area contributed by atoms with Crippen molar-refractivity contribution >= 4 is 39.9 Å². The molecule has 0 saturated heterocycles. The summed E-state index contributed by atoms with van der Waals surface area (Å²) in [6, 6.07) is 13.8. The van der Waals surface area contributed by atoms with E-state index in [0.717, 1.165) is 33.7 Å². The zero-order valence-corrected chi connectivity index (χ0v) is 16.3. The lowest BCUT2D eigenvalue weighted by molar-refractivity contribution is -0.383. The Kier molecular flexibility index (Phi) is 6.10. The van der Waals surface area contributed by atoms with Crippen molar-refractivity contribution in [1.29, 1.82) is 0 Å². The molecule has 8 heteroatoms. The van der Waals surface area contributed by atoms with Crippen LogP contribution in [0, 0.1) is 10.1 Å². The molecule has 3 rings (SSSR count). The van der Waals surface area contributed by atoms with Gasteiger partial charge in [-0.15, -0.1) is 0 Å². The van der Waals surface area contributed by atoms with E-state index in [-0.39, 0.29) is 23.0 Å². The first kappa shape index (κ1) is 19.6. The van der Waals surface area contributed by atoms with Crippen LogP contribution < -0.4 is 10.1 Å². The van der Waals surface area contributed by atoms with Crippen molar-refractivity contribution in [2.45, 2.75) is 18.4 Å². The summed E-state index contributed by atoms with van der Waals surface area (Å²) in [6.45, 7) is 2.03. The van der Waals surface area contributed by atoms with Crippen LogP contribution >= 0.6 is 11.8 Å². The average molecular weight is 397 g/mol. The van der Waals surface area contributed by atoms with Gasteiger partial charge in [0.05, 0.1) is 23.3 Å². The summed E-state index contributed by atoms with van der Waals surface area (Å²) in [6.07, 6.45) is 0.772. The van der Waals surface area contributed by atoms with Crippen LogP contribution in [0.4, 0.5) is 11.4 Å². The summed E-state index contributed by atoms with van der Waals surface area (Å²) in [5.74, 6) is 0.548. The second kappa shape index (κ2) is 8.71. The predicted octanol–water partition coefficient (Wildman–Crippen LogP) is 4.44. The van der Waals surface area contributed by atoms with Crippen LogP contribution in [-0.2, 0) is 11.2 Å². The normalized spacial score (nSPS) is 10.6. The number of ether oxygens (including phenoxy) is 1. The number of methoxy groups -OCH3 is 1. The first-order valence-corrected chi connectivity index (χ1v) is 9.64. The van der Waals surface area contributed by atoms with Crippen molar-refractivity contribution in [2.24, 2.45) is 0 Å². The number of nitro benzene ring substituents is 1. The highest BCUT2D eigenvalue weighted by Gasteiger charge is 2.16. The molecule has 0 unspecified atom stereocenters. The molecule has 28 heavy (non-hydrogen) atoms. The smallest absolute Gasteiger partial charge is 0.292 e. The molecule has 0 spiro atoms. The van der Waals surface area contributed by atoms with Crippen molar-refractivity contribution in [3.63, 3.8) is 0 Å². The quantitative estimate of drug-likeness (QED) is 0.360. The Balaban J connectivity index is 1.76. The van der Waals surface area contributed by atoms with Crippen LogP contribution in [0.1, 0.15) is 12.5 Å². The highest BCUT2D eigenvalue weighted by Crippen LogP contribution is 2.28.